The minimum atomic E-state index is -0.229. The standard InChI is InChI=1S/C30H36FNO6S/c1-33-26-15-19(14-21(18-32)29(26)37-12-5-13-39-23-8-6-22(31)7-9-23)24-10-11-25(38-24)20-16-27(34-2)30(36-4)28(17-20)35-3/h6-9,14-17,24-25H,5,10-13,18,32H2,1-4H3/t24-,25-/m1/s1. The number of nitrogens with two attached hydrogens (primary N) is 1. The molecule has 210 valence electrons. The molecule has 0 saturated carbocycles. The summed E-state index contributed by atoms with van der Waals surface area (Å²) in [4.78, 5) is 1.03. The van der Waals surface area contributed by atoms with Crippen molar-refractivity contribution in [2.45, 2.75) is 42.9 Å². The monoisotopic (exact) mass is 557 g/mol. The molecule has 0 unspecified atom stereocenters. The van der Waals surface area contributed by atoms with Crippen LogP contribution in [0.5, 0.6) is 28.7 Å². The Kier molecular flexibility index (Phi) is 10.2. The minimum Gasteiger partial charge on any atom is -0.493 e. The van der Waals surface area contributed by atoms with E-state index in [4.69, 9.17) is 34.2 Å². The molecule has 0 radical (unpaired) electrons. The molecule has 2 atom stereocenters. The van der Waals surface area contributed by atoms with Crippen molar-refractivity contribution in [1.29, 1.82) is 0 Å². The summed E-state index contributed by atoms with van der Waals surface area (Å²) < 4.78 is 47.9. The normalized spacial score (nSPS) is 16.7. The maximum absolute atomic E-state index is 13.1. The van der Waals surface area contributed by atoms with Crippen LogP contribution in [0.3, 0.4) is 0 Å². The Morgan fingerprint density at radius 1 is 0.821 bits per heavy atom. The zero-order chi connectivity index (χ0) is 27.8. The van der Waals surface area contributed by atoms with E-state index in [2.05, 4.69) is 0 Å². The van der Waals surface area contributed by atoms with Crippen LogP contribution in [0.1, 0.15) is 48.2 Å². The van der Waals surface area contributed by atoms with Crippen molar-refractivity contribution in [2.75, 3.05) is 40.8 Å². The van der Waals surface area contributed by atoms with Gasteiger partial charge in [0.05, 0.1) is 47.3 Å². The van der Waals surface area contributed by atoms with Gasteiger partial charge in [-0.2, -0.15) is 0 Å². The highest BCUT2D eigenvalue weighted by atomic mass is 32.2. The van der Waals surface area contributed by atoms with Gasteiger partial charge in [0.15, 0.2) is 23.0 Å². The molecule has 0 aliphatic carbocycles. The number of hydrogen-bond donors (Lipinski definition) is 1. The van der Waals surface area contributed by atoms with Crippen LogP contribution < -0.4 is 29.4 Å². The van der Waals surface area contributed by atoms with Crippen molar-refractivity contribution in [3.8, 4) is 28.7 Å². The molecule has 39 heavy (non-hydrogen) atoms. The maximum atomic E-state index is 13.1. The molecule has 0 spiro atoms. The number of methoxy groups -OCH3 is 4. The largest absolute Gasteiger partial charge is 0.493 e. The zero-order valence-electron chi connectivity index (χ0n) is 22.8. The molecular formula is C30H36FNO6S. The van der Waals surface area contributed by atoms with E-state index in [1.54, 1.807) is 52.3 Å². The van der Waals surface area contributed by atoms with Crippen LogP contribution in [0.2, 0.25) is 0 Å². The number of benzene rings is 3. The first kappa shape index (κ1) is 28.9. The van der Waals surface area contributed by atoms with Crippen molar-refractivity contribution in [2.24, 2.45) is 5.73 Å². The third-order valence-electron chi connectivity index (χ3n) is 6.66. The summed E-state index contributed by atoms with van der Waals surface area (Å²) in [5.41, 5.74) is 8.96. The average molecular weight is 558 g/mol. The SMILES string of the molecule is COc1cc([C@H]2CC[C@H](c3cc(OC)c(OC)c(OC)c3)O2)cc(CN)c1OCCCSc1ccc(F)cc1. The fourth-order valence-corrected chi connectivity index (χ4v) is 5.53. The summed E-state index contributed by atoms with van der Waals surface area (Å²) in [6.07, 6.45) is 2.27. The van der Waals surface area contributed by atoms with Gasteiger partial charge < -0.3 is 34.2 Å². The molecule has 4 rings (SSSR count). The lowest BCUT2D eigenvalue weighted by atomic mass is 10.0. The second-order valence-electron chi connectivity index (χ2n) is 9.07. The first-order valence-corrected chi connectivity index (χ1v) is 13.9. The van der Waals surface area contributed by atoms with E-state index in [0.717, 1.165) is 46.6 Å². The Balaban J connectivity index is 1.42. The molecular weight excluding hydrogens is 521 g/mol. The summed E-state index contributed by atoms with van der Waals surface area (Å²) >= 11 is 1.67. The number of ether oxygens (including phenoxy) is 6. The molecule has 7 nitrogen and oxygen atoms in total. The van der Waals surface area contributed by atoms with Gasteiger partial charge >= 0.3 is 0 Å². The highest BCUT2D eigenvalue weighted by Gasteiger charge is 2.30. The van der Waals surface area contributed by atoms with Gasteiger partial charge in [-0.1, -0.05) is 0 Å². The van der Waals surface area contributed by atoms with Gasteiger partial charge in [0, 0.05) is 22.8 Å². The van der Waals surface area contributed by atoms with Crippen LogP contribution in [0, 0.1) is 5.82 Å². The van der Waals surface area contributed by atoms with Crippen LogP contribution in [0.4, 0.5) is 4.39 Å². The van der Waals surface area contributed by atoms with E-state index in [9.17, 15) is 4.39 Å². The molecule has 3 aromatic carbocycles. The predicted molar refractivity (Wildman–Crippen MR) is 150 cm³/mol. The summed E-state index contributed by atoms with van der Waals surface area (Å²) in [5, 5.41) is 0. The molecule has 1 saturated heterocycles. The molecule has 0 amide bonds. The van der Waals surface area contributed by atoms with Crippen LogP contribution in [-0.4, -0.2) is 40.8 Å². The number of halogens is 1. The van der Waals surface area contributed by atoms with Crippen LogP contribution in [0.25, 0.3) is 0 Å². The minimum absolute atomic E-state index is 0.116. The quantitative estimate of drug-likeness (QED) is 0.189. The molecule has 3 aromatic rings. The third kappa shape index (κ3) is 6.90. The van der Waals surface area contributed by atoms with Crippen LogP contribution >= 0.6 is 11.8 Å². The third-order valence-corrected chi connectivity index (χ3v) is 7.76. The molecule has 0 bridgehead atoms. The van der Waals surface area contributed by atoms with Gasteiger partial charge in [-0.15, -0.1) is 11.8 Å². The Morgan fingerprint density at radius 3 is 1.92 bits per heavy atom. The topological polar surface area (TPSA) is 81.4 Å². The highest BCUT2D eigenvalue weighted by Crippen LogP contribution is 2.47. The molecule has 1 aliphatic heterocycles. The van der Waals surface area contributed by atoms with E-state index in [-0.39, 0.29) is 18.0 Å². The van der Waals surface area contributed by atoms with Crippen LogP contribution in [0.15, 0.2) is 53.4 Å². The Hall–Kier alpha value is -3.14. The van der Waals surface area contributed by atoms with E-state index in [1.807, 2.05) is 24.3 Å². The van der Waals surface area contributed by atoms with Crippen molar-refractivity contribution in [3.63, 3.8) is 0 Å². The van der Waals surface area contributed by atoms with Crippen molar-refractivity contribution < 1.29 is 32.8 Å². The van der Waals surface area contributed by atoms with Gasteiger partial charge in [0.1, 0.15) is 5.82 Å². The van der Waals surface area contributed by atoms with Gasteiger partial charge in [-0.25, -0.2) is 4.39 Å². The Bertz CT molecular complexity index is 1190. The van der Waals surface area contributed by atoms with Gasteiger partial charge in [0.2, 0.25) is 5.75 Å². The van der Waals surface area contributed by atoms with Gasteiger partial charge in [-0.05, 0) is 78.9 Å². The van der Waals surface area contributed by atoms with E-state index in [1.165, 1.54) is 12.1 Å². The van der Waals surface area contributed by atoms with Crippen molar-refractivity contribution in [3.05, 3.63) is 71.0 Å². The van der Waals surface area contributed by atoms with E-state index < -0.39 is 0 Å². The lowest BCUT2D eigenvalue weighted by molar-refractivity contribution is 0.0436. The first-order valence-electron chi connectivity index (χ1n) is 12.9. The summed E-state index contributed by atoms with van der Waals surface area (Å²) in [6.45, 7) is 0.826. The molecule has 9 heteroatoms. The average Bonchev–Trinajstić information content (AvgIpc) is 3.47. The maximum Gasteiger partial charge on any atom is 0.203 e. The van der Waals surface area contributed by atoms with E-state index in [0.29, 0.717) is 41.9 Å². The Morgan fingerprint density at radius 2 is 1.38 bits per heavy atom. The van der Waals surface area contributed by atoms with Crippen LogP contribution in [-0.2, 0) is 11.3 Å². The molecule has 0 aromatic heterocycles. The molecule has 2 N–H and O–H groups in total. The highest BCUT2D eigenvalue weighted by molar-refractivity contribution is 7.99. The lowest BCUT2D eigenvalue weighted by Gasteiger charge is -2.20. The Labute approximate surface area is 233 Å². The summed E-state index contributed by atoms with van der Waals surface area (Å²) in [5.74, 6) is 3.68. The lowest BCUT2D eigenvalue weighted by Crippen LogP contribution is -2.09. The number of hydrogen-bond acceptors (Lipinski definition) is 8. The first-order chi connectivity index (χ1) is 19.0. The summed E-state index contributed by atoms with van der Waals surface area (Å²) in [7, 11) is 6.43. The second-order valence-corrected chi connectivity index (χ2v) is 10.2. The molecule has 1 heterocycles. The fraction of sp³-hybridized carbons (Fsp3) is 0.400. The van der Waals surface area contributed by atoms with Gasteiger partial charge in [-0.3, -0.25) is 0 Å². The smallest absolute Gasteiger partial charge is 0.203 e. The second kappa shape index (κ2) is 13.8. The summed E-state index contributed by atoms with van der Waals surface area (Å²) in [6, 6.07) is 14.4. The number of thioether (sulfide) groups is 1. The van der Waals surface area contributed by atoms with Crippen molar-refractivity contribution in [1.82, 2.24) is 0 Å². The zero-order valence-corrected chi connectivity index (χ0v) is 23.6. The fourth-order valence-electron chi connectivity index (χ4n) is 4.71. The van der Waals surface area contributed by atoms with Gasteiger partial charge in [0.25, 0.3) is 0 Å². The predicted octanol–water partition coefficient (Wildman–Crippen LogP) is 6.47. The molecule has 1 aliphatic rings. The molecule has 1 fully saturated rings. The number of rotatable bonds is 13. The van der Waals surface area contributed by atoms with Crippen molar-refractivity contribution >= 4 is 11.8 Å². The van der Waals surface area contributed by atoms with E-state index >= 15 is 0 Å².